The molecule has 1 fully saturated rings. The van der Waals surface area contributed by atoms with Crippen molar-refractivity contribution in [1.29, 1.82) is 0 Å². The fourth-order valence-corrected chi connectivity index (χ4v) is 3.74. The van der Waals surface area contributed by atoms with Crippen molar-refractivity contribution in [2.45, 2.75) is 19.3 Å². The molecular weight excluding hydrogens is 358 g/mol. The number of amides is 1. The maximum atomic E-state index is 12.4. The molecule has 5 heteroatoms. The summed E-state index contributed by atoms with van der Waals surface area (Å²) in [4.78, 5) is 16.9. The first-order chi connectivity index (χ1) is 13.2. The highest BCUT2D eigenvalue weighted by Gasteiger charge is 2.20. The van der Waals surface area contributed by atoms with Gasteiger partial charge in [-0.2, -0.15) is 0 Å². The smallest absolute Gasteiger partial charge is 0.234 e. The van der Waals surface area contributed by atoms with Gasteiger partial charge in [-0.05, 0) is 30.2 Å². The van der Waals surface area contributed by atoms with E-state index in [0.717, 1.165) is 43.3 Å². The van der Waals surface area contributed by atoms with Crippen LogP contribution in [0.25, 0.3) is 0 Å². The van der Waals surface area contributed by atoms with Crippen LogP contribution in [0.4, 0.5) is 5.69 Å². The SMILES string of the molecule is CC[C@H](CNC(=O)CN1CCN(c2cccc(Cl)c2)CC1)c1ccccc1. The number of hydrogen-bond donors (Lipinski definition) is 1. The van der Waals surface area contributed by atoms with Crippen molar-refractivity contribution in [3.8, 4) is 0 Å². The highest BCUT2D eigenvalue weighted by Crippen LogP contribution is 2.21. The van der Waals surface area contributed by atoms with Crippen LogP contribution in [0, 0.1) is 0 Å². The molecular formula is C22H28ClN3O. The molecule has 0 spiro atoms. The summed E-state index contributed by atoms with van der Waals surface area (Å²) in [6, 6.07) is 18.4. The van der Waals surface area contributed by atoms with E-state index >= 15 is 0 Å². The molecule has 1 aliphatic heterocycles. The first-order valence-corrected chi connectivity index (χ1v) is 10.1. The Balaban J connectivity index is 1.43. The maximum Gasteiger partial charge on any atom is 0.234 e. The van der Waals surface area contributed by atoms with Crippen molar-refractivity contribution < 1.29 is 4.79 Å². The van der Waals surface area contributed by atoms with Crippen molar-refractivity contribution in [1.82, 2.24) is 10.2 Å². The summed E-state index contributed by atoms with van der Waals surface area (Å²) in [6.07, 6.45) is 1.02. The van der Waals surface area contributed by atoms with Gasteiger partial charge >= 0.3 is 0 Å². The van der Waals surface area contributed by atoms with Crippen LogP contribution in [0.2, 0.25) is 5.02 Å². The first kappa shape index (κ1) is 19.7. The molecule has 0 aromatic heterocycles. The molecule has 2 aromatic rings. The van der Waals surface area contributed by atoms with E-state index in [2.05, 4.69) is 52.4 Å². The van der Waals surface area contributed by atoms with E-state index in [4.69, 9.17) is 11.6 Å². The molecule has 2 aromatic carbocycles. The summed E-state index contributed by atoms with van der Waals surface area (Å²) in [5, 5.41) is 3.88. The molecule has 0 saturated carbocycles. The minimum atomic E-state index is 0.112. The van der Waals surface area contributed by atoms with Crippen molar-refractivity contribution >= 4 is 23.2 Å². The molecule has 1 heterocycles. The summed E-state index contributed by atoms with van der Waals surface area (Å²) in [7, 11) is 0. The lowest BCUT2D eigenvalue weighted by Gasteiger charge is -2.35. The molecule has 1 saturated heterocycles. The van der Waals surface area contributed by atoms with Gasteiger partial charge in [0, 0.05) is 49.4 Å². The molecule has 27 heavy (non-hydrogen) atoms. The molecule has 0 aliphatic carbocycles. The van der Waals surface area contributed by atoms with Gasteiger partial charge in [0.1, 0.15) is 0 Å². The van der Waals surface area contributed by atoms with Gasteiger partial charge in [-0.15, -0.1) is 0 Å². The fraction of sp³-hybridized carbons (Fsp3) is 0.409. The van der Waals surface area contributed by atoms with Crippen molar-refractivity contribution in [2.24, 2.45) is 0 Å². The normalized spacial score (nSPS) is 16.1. The maximum absolute atomic E-state index is 12.4. The van der Waals surface area contributed by atoms with E-state index in [1.165, 1.54) is 5.56 Å². The zero-order valence-corrected chi connectivity index (χ0v) is 16.7. The number of piperazine rings is 1. The number of anilines is 1. The van der Waals surface area contributed by atoms with Gasteiger partial charge in [0.2, 0.25) is 5.91 Å². The average Bonchev–Trinajstić information content (AvgIpc) is 2.70. The quantitative estimate of drug-likeness (QED) is 0.788. The molecule has 0 bridgehead atoms. The third kappa shape index (κ3) is 5.72. The fourth-order valence-electron chi connectivity index (χ4n) is 3.56. The summed E-state index contributed by atoms with van der Waals surface area (Å²) < 4.78 is 0. The number of benzene rings is 2. The third-order valence-corrected chi connectivity index (χ3v) is 5.46. The monoisotopic (exact) mass is 385 g/mol. The van der Waals surface area contributed by atoms with Crippen LogP contribution in [-0.4, -0.2) is 50.1 Å². The summed E-state index contributed by atoms with van der Waals surface area (Å²) >= 11 is 6.09. The Labute approximate surface area is 167 Å². The number of carbonyl (C=O) groups excluding carboxylic acids is 1. The van der Waals surface area contributed by atoms with Gasteiger partial charge in [0.25, 0.3) is 0 Å². The van der Waals surface area contributed by atoms with E-state index in [9.17, 15) is 4.79 Å². The lowest BCUT2D eigenvalue weighted by Crippen LogP contribution is -2.49. The summed E-state index contributed by atoms with van der Waals surface area (Å²) in [5.41, 5.74) is 2.44. The Hall–Kier alpha value is -2.04. The lowest BCUT2D eigenvalue weighted by molar-refractivity contribution is -0.122. The molecule has 0 unspecified atom stereocenters. The van der Waals surface area contributed by atoms with Crippen molar-refractivity contribution in [3.63, 3.8) is 0 Å². The minimum Gasteiger partial charge on any atom is -0.369 e. The number of hydrogen-bond acceptors (Lipinski definition) is 3. The van der Waals surface area contributed by atoms with Crippen LogP contribution in [-0.2, 0) is 4.79 Å². The number of rotatable bonds is 7. The van der Waals surface area contributed by atoms with Crippen LogP contribution in [0.5, 0.6) is 0 Å². The second kappa shape index (κ2) is 9.77. The molecule has 1 N–H and O–H groups in total. The number of nitrogens with zero attached hydrogens (tertiary/aromatic N) is 2. The number of nitrogens with one attached hydrogen (secondary N) is 1. The molecule has 1 aliphatic rings. The zero-order chi connectivity index (χ0) is 19.1. The molecule has 3 rings (SSSR count). The highest BCUT2D eigenvalue weighted by atomic mass is 35.5. The Kier molecular flexibility index (Phi) is 7.13. The Morgan fingerprint density at radius 2 is 1.81 bits per heavy atom. The Morgan fingerprint density at radius 1 is 1.07 bits per heavy atom. The topological polar surface area (TPSA) is 35.6 Å². The van der Waals surface area contributed by atoms with E-state index in [-0.39, 0.29) is 5.91 Å². The second-order valence-corrected chi connectivity index (χ2v) is 7.50. The van der Waals surface area contributed by atoms with Crippen LogP contribution >= 0.6 is 11.6 Å². The molecule has 1 amide bonds. The largest absolute Gasteiger partial charge is 0.369 e. The van der Waals surface area contributed by atoms with E-state index in [1.807, 2.05) is 24.3 Å². The van der Waals surface area contributed by atoms with Crippen LogP contribution in [0.15, 0.2) is 54.6 Å². The highest BCUT2D eigenvalue weighted by molar-refractivity contribution is 6.30. The van der Waals surface area contributed by atoms with Gasteiger partial charge in [-0.25, -0.2) is 0 Å². The van der Waals surface area contributed by atoms with Gasteiger partial charge in [0.05, 0.1) is 6.54 Å². The van der Waals surface area contributed by atoms with Crippen molar-refractivity contribution in [3.05, 3.63) is 65.2 Å². The van der Waals surface area contributed by atoms with Gasteiger partial charge in [0.15, 0.2) is 0 Å². The average molecular weight is 386 g/mol. The first-order valence-electron chi connectivity index (χ1n) is 9.70. The zero-order valence-electron chi connectivity index (χ0n) is 15.9. The van der Waals surface area contributed by atoms with E-state index in [0.29, 0.717) is 19.0 Å². The number of halogens is 1. The van der Waals surface area contributed by atoms with Crippen molar-refractivity contribution in [2.75, 3.05) is 44.2 Å². The Bertz CT molecular complexity index is 729. The number of carbonyl (C=O) groups is 1. The van der Waals surface area contributed by atoms with Crippen LogP contribution in [0.1, 0.15) is 24.8 Å². The lowest BCUT2D eigenvalue weighted by atomic mass is 9.96. The molecule has 0 radical (unpaired) electrons. The van der Waals surface area contributed by atoms with Gasteiger partial charge < -0.3 is 10.2 Å². The predicted octanol–water partition coefficient (Wildman–Crippen LogP) is 3.77. The molecule has 4 nitrogen and oxygen atoms in total. The predicted molar refractivity (Wildman–Crippen MR) is 113 cm³/mol. The minimum absolute atomic E-state index is 0.112. The van der Waals surface area contributed by atoms with Gasteiger partial charge in [-0.1, -0.05) is 54.9 Å². The second-order valence-electron chi connectivity index (χ2n) is 7.06. The molecule has 1 atom stereocenters. The van der Waals surface area contributed by atoms with Gasteiger partial charge in [-0.3, -0.25) is 9.69 Å². The van der Waals surface area contributed by atoms with Crippen LogP contribution < -0.4 is 10.2 Å². The van der Waals surface area contributed by atoms with Crippen LogP contribution in [0.3, 0.4) is 0 Å². The standard InChI is InChI=1S/C22H28ClN3O/c1-2-18(19-7-4-3-5-8-19)16-24-22(27)17-25-11-13-26(14-12-25)21-10-6-9-20(23)15-21/h3-10,15,18H,2,11-14,16-17H2,1H3,(H,24,27)/t18-/m1/s1. The summed E-state index contributed by atoms with van der Waals surface area (Å²) in [6.45, 7) is 6.92. The Morgan fingerprint density at radius 3 is 2.48 bits per heavy atom. The third-order valence-electron chi connectivity index (χ3n) is 5.22. The van der Waals surface area contributed by atoms with E-state index < -0.39 is 0 Å². The van der Waals surface area contributed by atoms with E-state index in [1.54, 1.807) is 0 Å². The summed E-state index contributed by atoms with van der Waals surface area (Å²) in [5.74, 6) is 0.482. The molecule has 144 valence electrons.